The van der Waals surface area contributed by atoms with E-state index in [1.54, 1.807) is 13.2 Å². The zero-order chi connectivity index (χ0) is 14.6. The molecule has 2 heteroatoms. The first kappa shape index (κ1) is 14.7. The molecular weight excluding hydrogens is 246 g/mol. The van der Waals surface area contributed by atoms with Gasteiger partial charge in [-0.25, -0.2) is 0 Å². The van der Waals surface area contributed by atoms with Crippen LogP contribution in [0.1, 0.15) is 57.1 Å². The third kappa shape index (κ3) is 2.88. The minimum absolute atomic E-state index is 0.201. The average Bonchev–Trinajstić information content (AvgIpc) is 2.47. The minimum Gasteiger partial charge on any atom is -0.496 e. The van der Waals surface area contributed by atoms with Gasteiger partial charge in [0.1, 0.15) is 5.75 Å². The molecule has 1 aliphatic rings. The SMILES string of the molecule is COc1ccc(/C(C)=C\C#N)cc1C1(C)CCCCC1. The molecule has 1 fully saturated rings. The van der Waals surface area contributed by atoms with E-state index in [9.17, 15) is 0 Å². The molecule has 1 saturated carbocycles. The molecule has 0 atom stereocenters. The average molecular weight is 269 g/mol. The molecule has 0 unspecified atom stereocenters. The molecule has 1 aromatic carbocycles. The zero-order valence-corrected chi connectivity index (χ0v) is 12.7. The summed E-state index contributed by atoms with van der Waals surface area (Å²) in [5.41, 5.74) is 3.62. The molecule has 0 aliphatic heterocycles. The predicted molar refractivity (Wildman–Crippen MR) is 82.7 cm³/mol. The van der Waals surface area contributed by atoms with Gasteiger partial charge in [0.2, 0.25) is 0 Å². The van der Waals surface area contributed by atoms with Crippen LogP contribution in [0.15, 0.2) is 24.3 Å². The second kappa shape index (κ2) is 6.13. The van der Waals surface area contributed by atoms with Gasteiger partial charge in [-0.2, -0.15) is 5.26 Å². The molecule has 0 heterocycles. The maximum absolute atomic E-state index is 8.82. The monoisotopic (exact) mass is 269 g/mol. The molecule has 1 aromatic rings. The van der Waals surface area contributed by atoms with Crippen LogP contribution >= 0.6 is 0 Å². The number of nitriles is 1. The molecule has 20 heavy (non-hydrogen) atoms. The molecule has 0 spiro atoms. The Morgan fingerprint density at radius 1 is 1.30 bits per heavy atom. The van der Waals surface area contributed by atoms with Gasteiger partial charge >= 0.3 is 0 Å². The quantitative estimate of drug-likeness (QED) is 0.735. The molecule has 0 N–H and O–H groups in total. The summed E-state index contributed by atoms with van der Waals surface area (Å²) in [6, 6.07) is 8.41. The Morgan fingerprint density at radius 2 is 2.00 bits per heavy atom. The van der Waals surface area contributed by atoms with Gasteiger partial charge in [0.15, 0.2) is 0 Å². The summed E-state index contributed by atoms with van der Waals surface area (Å²) in [4.78, 5) is 0. The van der Waals surface area contributed by atoms with Gasteiger partial charge in [-0.05, 0) is 48.4 Å². The van der Waals surface area contributed by atoms with Crippen molar-refractivity contribution >= 4 is 5.57 Å². The summed E-state index contributed by atoms with van der Waals surface area (Å²) in [5.74, 6) is 0.975. The first-order valence-corrected chi connectivity index (χ1v) is 7.36. The third-order valence-corrected chi connectivity index (χ3v) is 4.54. The number of allylic oxidation sites excluding steroid dienone is 2. The van der Waals surface area contributed by atoms with E-state index in [2.05, 4.69) is 19.1 Å². The van der Waals surface area contributed by atoms with Crippen molar-refractivity contribution in [2.24, 2.45) is 0 Å². The van der Waals surface area contributed by atoms with Crippen molar-refractivity contribution in [2.45, 2.75) is 51.4 Å². The molecular formula is C18H23NO. The van der Waals surface area contributed by atoms with Crippen LogP contribution in [0.3, 0.4) is 0 Å². The number of benzene rings is 1. The van der Waals surface area contributed by atoms with E-state index in [0.717, 1.165) is 16.9 Å². The van der Waals surface area contributed by atoms with Crippen LogP contribution in [0.25, 0.3) is 5.57 Å². The van der Waals surface area contributed by atoms with Crippen LogP contribution in [0, 0.1) is 11.3 Å². The molecule has 0 aromatic heterocycles. The summed E-state index contributed by atoms with van der Waals surface area (Å²) in [7, 11) is 1.74. The van der Waals surface area contributed by atoms with Gasteiger partial charge in [0.05, 0.1) is 13.2 Å². The normalized spacial score (nSPS) is 18.4. The van der Waals surface area contributed by atoms with Crippen molar-refractivity contribution in [2.75, 3.05) is 7.11 Å². The lowest BCUT2D eigenvalue weighted by Crippen LogP contribution is -2.25. The first-order valence-electron chi connectivity index (χ1n) is 7.36. The first-order chi connectivity index (χ1) is 9.60. The Bertz CT molecular complexity index is 545. The fourth-order valence-electron chi connectivity index (χ4n) is 3.21. The Kier molecular flexibility index (Phi) is 4.49. The standard InChI is InChI=1S/C18H23NO/c1-14(9-12-19)15-7-8-17(20-3)16(13-15)18(2)10-5-4-6-11-18/h7-9,13H,4-6,10-11H2,1-3H3/b14-9-. The van der Waals surface area contributed by atoms with Crippen LogP contribution in [0.2, 0.25) is 0 Å². The second-order valence-electron chi connectivity index (χ2n) is 5.99. The van der Waals surface area contributed by atoms with E-state index in [1.807, 2.05) is 19.1 Å². The van der Waals surface area contributed by atoms with E-state index in [-0.39, 0.29) is 5.41 Å². The van der Waals surface area contributed by atoms with Crippen molar-refractivity contribution in [3.05, 3.63) is 35.4 Å². The topological polar surface area (TPSA) is 33.0 Å². The highest BCUT2D eigenvalue weighted by Gasteiger charge is 2.31. The summed E-state index contributed by atoms with van der Waals surface area (Å²) >= 11 is 0. The van der Waals surface area contributed by atoms with Crippen LogP contribution in [-0.2, 0) is 5.41 Å². The lowest BCUT2D eigenvalue weighted by atomic mass is 9.70. The molecule has 0 bridgehead atoms. The highest BCUT2D eigenvalue weighted by molar-refractivity contribution is 5.67. The molecule has 106 valence electrons. The van der Waals surface area contributed by atoms with E-state index in [0.29, 0.717) is 0 Å². The van der Waals surface area contributed by atoms with Crippen LogP contribution in [0.5, 0.6) is 5.75 Å². The minimum atomic E-state index is 0.201. The van der Waals surface area contributed by atoms with E-state index in [4.69, 9.17) is 10.00 Å². The largest absolute Gasteiger partial charge is 0.496 e. The number of methoxy groups -OCH3 is 1. The Hall–Kier alpha value is -1.75. The summed E-state index contributed by atoms with van der Waals surface area (Å²) < 4.78 is 5.57. The van der Waals surface area contributed by atoms with E-state index >= 15 is 0 Å². The van der Waals surface area contributed by atoms with Crippen molar-refractivity contribution in [1.29, 1.82) is 5.26 Å². The lowest BCUT2D eigenvalue weighted by Gasteiger charge is -2.35. The number of nitrogens with zero attached hydrogens (tertiary/aromatic N) is 1. The van der Waals surface area contributed by atoms with Gasteiger partial charge < -0.3 is 4.74 Å². The van der Waals surface area contributed by atoms with Crippen molar-refractivity contribution < 1.29 is 4.74 Å². The Balaban J connectivity index is 2.47. The number of rotatable bonds is 3. The number of hydrogen-bond donors (Lipinski definition) is 0. The molecule has 2 rings (SSSR count). The summed E-state index contributed by atoms with van der Waals surface area (Å²) in [6.45, 7) is 4.33. The lowest BCUT2D eigenvalue weighted by molar-refractivity contribution is 0.304. The van der Waals surface area contributed by atoms with Crippen LogP contribution < -0.4 is 4.74 Å². The van der Waals surface area contributed by atoms with Crippen LogP contribution in [-0.4, -0.2) is 7.11 Å². The highest BCUT2D eigenvalue weighted by atomic mass is 16.5. The Labute approximate surface area is 122 Å². The predicted octanol–water partition coefficient (Wildman–Crippen LogP) is 4.84. The third-order valence-electron chi connectivity index (χ3n) is 4.54. The maximum Gasteiger partial charge on any atom is 0.122 e. The Morgan fingerprint density at radius 3 is 2.60 bits per heavy atom. The van der Waals surface area contributed by atoms with E-state index in [1.165, 1.54) is 37.7 Å². The van der Waals surface area contributed by atoms with Crippen molar-refractivity contribution in [3.63, 3.8) is 0 Å². The molecule has 0 radical (unpaired) electrons. The molecule has 0 saturated heterocycles. The maximum atomic E-state index is 8.82. The van der Waals surface area contributed by atoms with Gasteiger partial charge in [0.25, 0.3) is 0 Å². The summed E-state index contributed by atoms with van der Waals surface area (Å²) in [6.07, 6.45) is 7.95. The smallest absolute Gasteiger partial charge is 0.122 e. The van der Waals surface area contributed by atoms with Gasteiger partial charge in [-0.1, -0.05) is 32.3 Å². The molecule has 0 amide bonds. The van der Waals surface area contributed by atoms with E-state index < -0.39 is 0 Å². The molecule has 1 aliphatic carbocycles. The van der Waals surface area contributed by atoms with Gasteiger partial charge in [-0.3, -0.25) is 0 Å². The summed E-state index contributed by atoms with van der Waals surface area (Å²) in [5, 5.41) is 8.82. The van der Waals surface area contributed by atoms with Crippen LogP contribution in [0.4, 0.5) is 0 Å². The fourth-order valence-corrected chi connectivity index (χ4v) is 3.21. The fraction of sp³-hybridized carbons (Fsp3) is 0.500. The number of ether oxygens (including phenoxy) is 1. The molecule has 2 nitrogen and oxygen atoms in total. The van der Waals surface area contributed by atoms with Gasteiger partial charge in [0, 0.05) is 11.6 Å². The van der Waals surface area contributed by atoms with Gasteiger partial charge in [-0.15, -0.1) is 0 Å². The number of hydrogen-bond acceptors (Lipinski definition) is 2. The second-order valence-corrected chi connectivity index (χ2v) is 5.99. The highest BCUT2D eigenvalue weighted by Crippen LogP contribution is 2.43. The van der Waals surface area contributed by atoms with Crippen molar-refractivity contribution in [1.82, 2.24) is 0 Å². The zero-order valence-electron chi connectivity index (χ0n) is 12.7. The van der Waals surface area contributed by atoms with Crippen molar-refractivity contribution in [3.8, 4) is 11.8 Å².